The van der Waals surface area contributed by atoms with Crippen molar-refractivity contribution in [3.05, 3.63) is 56.2 Å². The molecular formula is C15H15ClN6O3. The number of aryl methyl sites for hydroxylation is 1. The molecule has 3 aromatic rings. The molecule has 3 rings (SSSR count). The molecule has 0 aliphatic carbocycles. The zero-order valence-corrected chi connectivity index (χ0v) is 14.3. The van der Waals surface area contributed by atoms with Crippen LogP contribution in [0.15, 0.2) is 34.2 Å². The molecule has 0 atom stereocenters. The van der Waals surface area contributed by atoms with Gasteiger partial charge in [0.25, 0.3) is 11.5 Å². The molecular weight excluding hydrogens is 348 g/mol. The van der Waals surface area contributed by atoms with Gasteiger partial charge in [-0.2, -0.15) is 0 Å². The van der Waals surface area contributed by atoms with Crippen LogP contribution in [0.25, 0.3) is 11.2 Å². The Bertz CT molecular complexity index is 1080. The molecule has 0 spiro atoms. The number of aromatic nitrogens is 5. The van der Waals surface area contributed by atoms with Crippen molar-refractivity contribution in [1.82, 2.24) is 29.0 Å². The largest absolute Gasteiger partial charge is 0.350 e. The SMILES string of the molecule is Cn1c(=O)c2c(ncn2CCNC(=O)c2cccnc2Cl)n(C)c1=O. The van der Waals surface area contributed by atoms with Gasteiger partial charge in [-0.25, -0.2) is 14.8 Å². The first-order valence-electron chi connectivity index (χ1n) is 7.41. The number of pyridine rings is 1. The van der Waals surface area contributed by atoms with E-state index in [1.165, 1.54) is 24.1 Å². The monoisotopic (exact) mass is 362 g/mol. The van der Waals surface area contributed by atoms with Crippen molar-refractivity contribution in [2.24, 2.45) is 14.1 Å². The van der Waals surface area contributed by atoms with E-state index in [0.717, 1.165) is 4.57 Å². The Hall–Kier alpha value is -2.94. The zero-order valence-electron chi connectivity index (χ0n) is 13.6. The average molecular weight is 363 g/mol. The third kappa shape index (κ3) is 2.93. The number of amides is 1. The highest BCUT2D eigenvalue weighted by molar-refractivity contribution is 6.32. The molecule has 0 aliphatic rings. The minimum Gasteiger partial charge on any atom is -0.350 e. The van der Waals surface area contributed by atoms with Crippen LogP contribution in [0.1, 0.15) is 10.4 Å². The maximum atomic E-state index is 12.3. The number of carbonyl (C=O) groups excluding carboxylic acids is 1. The van der Waals surface area contributed by atoms with Crippen molar-refractivity contribution in [2.75, 3.05) is 6.54 Å². The summed E-state index contributed by atoms with van der Waals surface area (Å²) in [7, 11) is 2.96. The van der Waals surface area contributed by atoms with E-state index in [1.807, 2.05) is 0 Å². The van der Waals surface area contributed by atoms with Crippen molar-refractivity contribution in [3.8, 4) is 0 Å². The summed E-state index contributed by atoms with van der Waals surface area (Å²) in [6, 6.07) is 3.19. The molecule has 0 saturated heterocycles. The van der Waals surface area contributed by atoms with Crippen LogP contribution in [0.2, 0.25) is 5.15 Å². The number of nitrogens with one attached hydrogen (secondary N) is 1. The second kappa shape index (κ2) is 6.52. The number of nitrogens with zero attached hydrogens (tertiary/aromatic N) is 5. The highest BCUT2D eigenvalue weighted by atomic mass is 35.5. The Morgan fingerprint density at radius 1 is 1.24 bits per heavy atom. The molecule has 130 valence electrons. The van der Waals surface area contributed by atoms with Gasteiger partial charge < -0.3 is 9.88 Å². The predicted octanol–water partition coefficient (Wildman–Crippen LogP) is -0.0879. The smallest absolute Gasteiger partial charge is 0.332 e. The van der Waals surface area contributed by atoms with Crippen molar-refractivity contribution < 1.29 is 4.79 Å². The van der Waals surface area contributed by atoms with Crippen LogP contribution in [0.4, 0.5) is 0 Å². The van der Waals surface area contributed by atoms with E-state index in [1.54, 1.807) is 23.7 Å². The van der Waals surface area contributed by atoms with Crippen LogP contribution in [-0.4, -0.2) is 36.1 Å². The highest BCUT2D eigenvalue weighted by Gasteiger charge is 2.15. The lowest BCUT2D eigenvalue weighted by molar-refractivity contribution is 0.0952. The Labute approximate surface area is 146 Å². The quantitative estimate of drug-likeness (QED) is 0.653. The van der Waals surface area contributed by atoms with E-state index in [9.17, 15) is 14.4 Å². The summed E-state index contributed by atoms with van der Waals surface area (Å²) in [4.78, 5) is 44.3. The molecule has 0 fully saturated rings. The number of hydrogen-bond donors (Lipinski definition) is 1. The van der Waals surface area contributed by atoms with Gasteiger partial charge in [0, 0.05) is 33.4 Å². The average Bonchev–Trinajstić information content (AvgIpc) is 3.02. The maximum absolute atomic E-state index is 12.3. The molecule has 1 amide bonds. The van der Waals surface area contributed by atoms with Gasteiger partial charge in [-0.1, -0.05) is 11.6 Å². The van der Waals surface area contributed by atoms with E-state index in [4.69, 9.17) is 11.6 Å². The molecule has 1 N–H and O–H groups in total. The van der Waals surface area contributed by atoms with Gasteiger partial charge in [0.15, 0.2) is 11.2 Å². The molecule has 0 unspecified atom stereocenters. The molecule has 3 heterocycles. The number of carbonyl (C=O) groups is 1. The summed E-state index contributed by atoms with van der Waals surface area (Å²) in [5.41, 5.74) is 0.00505. The van der Waals surface area contributed by atoms with Crippen LogP contribution >= 0.6 is 11.6 Å². The highest BCUT2D eigenvalue weighted by Crippen LogP contribution is 2.11. The lowest BCUT2D eigenvalue weighted by Crippen LogP contribution is -2.38. The molecule has 9 nitrogen and oxygen atoms in total. The second-order valence-corrected chi connectivity index (χ2v) is 5.77. The fourth-order valence-corrected chi connectivity index (χ4v) is 2.71. The zero-order chi connectivity index (χ0) is 18.1. The molecule has 0 saturated carbocycles. The summed E-state index contributed by atoms with van der Waals surface area (Å²) in [6.45, 7) is 0.565. The minimum atomic E-state index is -0.442. The normalized spacial score (nSPS) is 11.0. The van der Waals surface area contributed by atoms with E-state index in [0.29, 0.717) is 17.7 Å². The Morgan fingerprint density at radius 2 is 2.00 bits per heavy atom. The van der Waals surface area contributed by atoms with Crippen LogP contribution in [0.3, 0.4) is 0 Å². The third-order valence-electron chi connectivity index (χ3n) is 3.86. The van der Waals surface area contributed by atoms with Crippen molar-refractivity contribution in [3.63, 3.8) is 0 Å². The predicted molar refractivity (Wildman–Crippen MR) is 91.8 cm³/mol. The van der Waals surface area contributed by atoms with Gasteiger partial charge in [-0.15, -0.1) is 0 Å². The van der Waals surface area contributed by atoms with E-state index in [-0.39, 0.29) is 23.2 Å². The van der Waals surface area contributed by atoms with Gasteiger partial charge in [0.05, 0.1) is 11.9 Å². The lowest BCUT2D eigenvalue weighted by Gasteiger charge is -2.08. The Kier molecular flexibility index (Phi) is 4.41. The first-order valence-corrected chi connectivity index (χ1v) is 7.79. The van der Waals surface area contributed by atoms with Crippen molar-refractivity contribution in [1.29, 1.82) is 0 Å². The number of halogens is 1. The maximum Gasteiger partial charge on any atom is 0.332 e. The molecule has 25 heavy (non-hydrogen) atoms. The summed E-state index contributed by atoms with van der Waals surface area (Å²) in [6.07, 6.45) is 2.96. The number of hydrogen-bond acceptors (Lipinski definition) is 5. The fourth-order valence-electron chi connectivity index (χ4n) is 2.51. The summed E-state index contributed by atoms with van der Waals surface area (Å²) >= 11 is 5.88. The number of rotatable bonds is 4. The van der Waals surface area contributed by atoms with Crippen LogP contribution in [0, 0.1) is 0 Å². The van der Waals surface area contributed by atoms with Crippen LogP contribution in [-0.2, 0) is 20.6 Å². The van der Waals surface area contributed by atoms with Crippen LogP contribution < -0.4 is 16.6 Å². The van der Waals surface area contributed by atoms with Gasteiger partial charge >= 0.3 is 5.69 Å². The van der Waals surface area contributed by atoms with E-state index < -0.39 is 11.2 Å². The fraction of sp³-hybridized carbons (Fsp3) is 0.267. The lowest BCUT2D eigenvalue weighted by atomic mass is 10.2. The first kappa shape index (κ1) is 16.9. The topological polar surface area (TPSA) is 104 Å². The van der Waals surface area contributed by atoms with Crippen molar-refractivity contribution in [2.45, 2.75) is 6.54 Å². The van der Waals surface area contributed by atoms with Crippen molar-refractivity contribution >= 4 is 28.7 Å². The summed E-state index contributed by atoms with van der Waals surface area (Å²) < 4.78 is 3.93. The minimum absolute atomic E-state index is 0.122. The molecule has 0 aliphatic heterocycles. The molecule has 0 radical (unpaired) electrons. The Morgan fingerprint density at radius 3 is 2.72 bits per heavy atom. The number of fused-ring (bicyclic) bond motifs is 1. The first-order chi connectivity index (χ1) is 11.9. The number of imidazole rings is 1. The van der Waals surface area contributed by atoms with Gasteiger partial charge in [0.1, 0.15) is 5.15 Å². The second-order valence-electron chi connectivity index (χ2n) is 5.41. The molecule has 10 heteroatoms. The van der Waals surface area contributed by atoms with E-state index in [2.05, 4.69) is 15.3 Å². The molecule has 0 aromatic carbocycles. The molecule has 0 bridgehead atoms. The van der Waals surface area contributed by atoms with Gasteiger partial charge in [0.2, 0.25) is 0 Å². The standard InChI is InChI=1S/C15H15ClN6O3/c1-20-12-10(14(24)21(2)15(20)25)22(8-19-12)7-6-18-13(23)9-4-3-5-17-11(9)16/h3-5,8H,6-7H2,1-2H3,(H,18,23). The van der Waals surface area contributed by atoms with E-state index >= 15 is 0 Å². The van der Waals surface area contributed by atoms with Gasteiger partial charge in [-0.05, 0) is 12.1 Å². The summed E-state index contributed by atoms with van der Waals surface area (Å²) in [5.74, 6) is -0.358. The Balaban J connectivity index is 1.81. The van der Waals surface area contributed by atoms with Gasteiger partial charge in [-0.3, -0.25) is 18.7 Å². The third-order valence-corrected chi connectivity index (χ3v) is 4.16. The van der Waals surface area contributed by atoms with Crippen LogP contribution in [0.5, 0.6) is 0 Å². The molecule has 3 aromatic heterocycles. The summed E-state index contributed by atoms with van der Waals surface area (Å²) in [5, 5.41) is 2.84.